The molecule has 0 N–H and O–H groups in total. The van der Waals surface area contributed by atoms with Crippen LogP contribution in [0.3, 0.4) is 0 Å². The first-order chi connectivity index (χ1) is 9.58. The van der Waals surface area contributed by atoms with Gasteiger partial charge in [0.2, 0.25) is 0 Å². The molecule has 4 nitrogen and oxygen atoms in total. The molecule has 116 valence electrons. The summed E-state index contributed by atoms with van der Waals surface area (Å²) in [6.07, 6.45) is 1.50. The van der Waals surface area contributed by atoms with E-state index in [0.29, 0.717) is 17.9 Å². The summed E-state index contributed by atoms with van der Waals surface area (Å²) in [5.41, 5.74) is 1.00. The molecule has 0 fully saturated rings. The number of hydrogen-bond acceptors (Lipinski definition) is 4. The Morgan fingerprint density at radius 2 is 1.90 bits per heavy atom. The highest BCUT2D eigenvalue weighted by molar-refractivity contribution is 8.13. The van der Waals surface area contributed by atoms with Crippen molar-refractivity contribution in [2.24, 2.45) is 5.41 Å². The van der Waals surface area contributed by atoms with Crippen LogP contribution in [0.25, 0.3) is 0 Å². The molecule has 0 aliphatic carbocycles. The Kier molecular flexibility index (Phi) is 5.66. The van der Waals surface area contributed by atoms with Gasteiger partial charge in [0.1, 0.15) is 5.75 Å². The summed E-state index contributed by atoms with van der Waals surface area (Å²) in [4.78, 5) is 0.111. The van der Waals surface area contributed by atoms with Crippen molar-refractivity contribution in [3.63, 3.8) is 0 Å². The number of halogens is 1. The Bertz CT molecular complexity index is 660. The quantitative estimate of drug-likeness (QED) is 0.585. The highest BCUT2D eigenvalue weighted by Crippen LogP contribution is 2.29. The van der Waals surface area contributed by atoms with Gasteiger partial charge in [-0.3, -0.25) is 0 Å². The van der Waals surface area contributed by atoms with E-state index in [1.54, 1.807) is 19.9 Å². The van der Waals surface area contributed by atoms with Crippen LogP contribution >= 0.6 is 10.7 Å². The standard InChI is InChI=1S/C15H20ClNO3S/c1-11-12(2)14(21(16,18)19)7-6-13(11)20-9-5-8-15(3,4)10-17/h6-7H,5,8-9H2,1-4H3. The molecule has 0 amide bonds. The van der Waals surface area contributed by atoms with Gasteiger partial charge in [-0.2, -0.15) is 5.26 Å². The van der Waals surface area contributed by atoms with Crippen LogP contribution in [0.1, 0.15) is 37.8 Å². The fraction of sp³-hybridized carbons (Fsp3) is 0.533. The maximum atomic E-state index is 11.4. The highest BCUT2D eigenvalue weighted by atomic mass is 35.7. The van der Waals surface area contributed by atoms with Crippen molar-refractivity contribution >= 4 is 19.7 Å². The van der Waals surface area contributed by atoms with E-state index < -0.39 is 9.05 Å². The Balaban J connectivity index is 2.75. The third-order valence-corrected chi connectivity index (χ3v) is 4.92. The third kappa shape index (κ3) is 4.90. The lowest BCUT2D eigenvalue weighted by Gasteiger charge is -2.16. The lowest BCUT2D eigenvalue weighted by atomic mass is 9.90. The molecule has 0 aromatic heterocycles. The molecule has 0 unspecified atom stereocenters. The monoisotopic (exact) mass is 329 g/mol. The van der Waals surface area contributed by atoms with Gasteiger partial charge in [0.15, 0.2) is 0 Å². The van der Waals surface area contributed by atoms with Crippen LogP contribution in [0.4, 0.5) is 0 Å². The van der Waals surface area contributed by atoms with Gasteiger partial charge in [0, 0.05) is 10.7 Å². The summed E-state index contributed by atoms with van der Waals surface area (Å²) in [7, 11) is 1.64. The van der Waals surface area contributed by atoms with E-state index in [1.165, 1.54) is 6.07 Å². The van der Waals surface area contributed by atoms with E-state index in [9.17, 15) is 8.42 Å². The predicted molar refractivity (Wildman–Crippen MR) is 83.1 cm³/mol. The minimum absolute atomic E-state index is 0.111. The van der Waals surface area contributed by atoms with Crippen LogP contribution in [0.15, 0.2) is 17.0 Å². The molecule has 1 rings (SSSR count). The molecule has 1 aromatic carbocycles. The number of ether oxygens (including phenoxy) is 1. The largest absolute Gasteiger partial charge is 0.493 e. The predicted octanol–water partition coefficient (Wildman–Crippen LogP) is 3.94. The van der Waals surface area contributed by atoms with Crippen molar-refractivity contribution in [2.45, 2.75) is 45.4 Å². The molecule has 0 heterocycles. The average Bonchev–Trinajstić information content (AvgIpc) is 2.38. The number of nitriles is 1. The van der Waals surface area contributed by atoms with E-state index in [0.717, 1.165) is 18.4 Å². The van der Waals surface area contributed by atoms with Gasteiger partial charge >= 0.3 is 0 Å². The van der Waals surface area contributed by atoms with Crippen molar-refractivity contribution in [1.29, 1.82) is 5.26 Å². The summed E-state index contributed by atoms with van der Waals surface area (Å²) in [6, 6.07) is 5.32. The molecule has 0 radical (unpaired) electrons. The van der Waals surface area contributed by atoms with Crippen LogP contribution in [0.5, 0.6) is 5.75 Å². The lowest BCUT2D eigenvalue weighted by molar-refractivity contribution is 0.282. The first-order valence-corrected chi connectivity index (χ1v) is 8.98. The molecule has 0 spiro atoms. The second-order valence-corrected chi connectivity index (χ2v) is 8.23. The molecular formula is C15H20ClNO3S. The normalized spacial score (nSPS) is 12.0. The average molecular weight is 330 g/mol. The summed E-state index contributed by atoms with van der Waals surface area (Å²) < 4.78 is 28.5. The van der Waals surface area contributed by atoms with E-state index in [1.807, 2.05) is 13.8 Å². The van der Waals surface area contributed by atoms with Crippen molar-refractivity contribution in [2.75, 3.05) is 6.61 Å². The van der Waals surface area contributed by atoms with Gasteiger partial charge in [0.05, 0.1) is 23.0 Å². The Morgan fingerprint density at radius 1 is 1.29 bits per heavy atom. The lowest BCUT2D eigenvalue weighted by Crippen LogP contribution is -2.10. The van der Waals surface area contributed by atoms with E-state index >= 15 is 0 Å². The molecule has 0 atom stereocenters. The zero-order valence-electron chi connectivity index (χ0n) is 12.7. The van der Waals surface area contributed by atoms with Crippen LogP contribution in [0, 0.1) is 30.6 Å². The highest BCUT2D eigenvalue weighted by Gasteiger charge is 2.18. The maximum absolute atomic E-state index is 11.4. The molecule has 0 aliphatic rings. The summed E-state index contributed by atoms with van der Waals surface area (Å²) >= 11 is 0. The molecule has 1 aromatic rings. The van der Waals surface area contributed by atoms with Crippen molar-refractivity contribution < 1.29 is 13.2 Å². The van der Waals surface area contributed by atoms with Crippen molar-refractivity contribution in [3.8, 4) is 11.8 Å². The second kappa shape index (κ2) is 6.67. The summed E-state index contributed by atoms with van der Waals surface area (Å²) in [5.74, 6) is 0.645. The molecule has 21 heavy (non-hydrogen) atoms. The van der Waals surface area contributed by atoms with Crippen molar-refractivity contribution in [3.05, 3.63) is 23.3 Å². The van der Waals surface area contributed by atoms with E-state index in [-0.39, 0.29) is 10.3 Å². The number of benzene rings is 1. The van der Waals surface area contributed by atoms with Gasteiger partial charge < -0.3 is 4.74 Å². The number of hydrogen-bond donors (Lipinski definition) is 0. The SMILES string of the molecule is Cc1c(OCCCC(C)(C)C#N)ccc(S(=O)(=O)Cl)c1C. The Morgan fingerprint density at radius 3 is 2.43 bits per heavy atom. The third-order valence-electron chi connectivity index (χ3n) is 3.46. The van der Waals surface area contributed by atoms with Crippen molar-refractivity contribution in [1.82, 2.24) is 0 Å². The Hall–Kier alpha value is -1.25. The van der Waals surface area contributed by atoms with E-state index in [2.05, 4.69) is 6.07 Å². The molecular weight excluding hydrogens is 310 g/mol. The van der Waals surface area contributed by atoms with Gasteiger partial charge in [-0.05, 0) is 63.8 Å². The fourth-order valence-electron chi connectivity index (χ4n) is 1.94. The summed E-state index contributed by atoms with van der Waals surface area (Å²) in [5, 5.41) is 8.94. The first-order valence-electron chi connectivity index (χ1n) is 6.67. The van der Waals surface area contributed by atoms with Gasteiger partial charge in [-0.25, -0.2) is 8.42 Å². The van der Waals surface area contributed by atoms with Gasteiger partial charge in [0.25, 0.3) is 9.05 Å². The van der Waals surface area contributed by atoms with Gasteiger partial charge in [-0.15, -0.1) is 0 Å². The molecule has 0 bridgehead atoms. The Labute approximate surface area is 131 Å². The summed E-state index contributed by atoms with van der Waals surface area (Å²) in [6.45, 7) is 7.77. The van der Waals surface area contributed by atoms with Crippen LogP contribution in [-0.2, 0) is 9.05 Å². The fourth-order valence-corrected chi connectivity index (χ4v) is 3.19. The maximum Gasteiger partial charge on any atom is 0.261 e. The minimum Gasteiger partial charge on any atom is -0.493 e. The molecule has 0 aliphatic heterocycles. The second-order valence-electron chi connectivity index (χ2n) is 5.70. The number of rotatable bonds is 6. The molecule has 0 saturated carbocycles. The molecule has 6 heteroatoms. The van der Waals surface area contributed by atoms with E-state index in [4.69, 9.17) is 20.7 Å². The molecule has 0 saturated heterocycles. The van der Waals surface area contributed by atoms with Crippen LogP contribution < -0.4 is 4.74 Å². The minimum atomic E-state index is -3.74. The zero-order chi connectivity index (χ0) is 16.3. The zero-order valence-corrected chi connectivity index (χ0v) is 14.3. The number of nitrogens with zero attached hydrogens (tertiary/aromatic N) is 1. The van der Waals surface area contributed by atoms with Crippen LogP contribution in [0.2, 0.25) is 0 Å². The van der Waals surface area contributed by atoms with Crippen LogP contribution in [-0.4, -0.2) is 15.0 Å². The topological polar surface area (TPSA) is 67.2 Å². The first kappa shape index (κ1) is 17.8. The van der Waals surface area contributed by atoms with Gasteiger partial charge in [-0.1, -0.05) is 0 Å². The smallest absolute Gasteiger partial charge is 0.261 e.